The summed E-state index contributed by atoms with van der Waals surface area (Å²) in [6.07, 6.45) is 4.07. The van der Waals surface area contributed by atoms with Crippen LogP contribution in [0.3, 0.4) is 0 Å². The van der Waals surface area contributed by atoms with Crippen molar-refractivity contribution in [3.05, 3.63) is 140 Å². The van der Waals surface area contributed by atoms with Gasteiger partial charge in [0.15, 0.2) is 11.6 Å². The lowest BCUT2D eigenvalue weighted by Gasteiger charge is -2.07. The van der Waals surface area contributed by atoms with E-state index in [2.05, 4.69) is 132 Å². The van der Waals surface area contributed by atoms with Crippen LogP contribution in [0.25, 0.3) is 72.5 Å². The zero-order valence-corrected chi connectivity index (χ0v) is 23.1. The third-order valence-corrected chi connectivity index (χ3v) is 8.00. The molecule has 5 aromatic carbocycles. The van der Waals surface area contributed by atoms with Crippen molar-refractivity contribution in [2.75, 3.05) is 0 Å². The van der Waals surface area contributed by atoms with Gasteiger partial charge in [0.2, 0.25) is 0 Å². The molecule has 0 aliphatic heterocycles. The molecular weight excluding hydrogens is 514 g/mol. The van der Waals surface area contributed by atoms with Crippen LogP contribution in [0.5, 0.6) is 0 Å². The molecule has 0 unspecified atom stereocenters. The molecule has 8 rings (SSSR count). The fraction of sp³-hybridized carbons (Fsp3) is 0.0270. The van der Waals surface area contributed by atoms with Crippen LogP contribution in [0.2, 0.25) is 0 Å². The average Bonchev–Trinajstić information content (AvgIpc) is 3.80. The quantitative estimate of drug-likeness (QED) is 0.236. The lowest BCUT2D eigenvalue weighted by molar-refractivity contribution is 0.890. The highest BCUT2D eigenvalue weighted by molar-refractivity contribution is 5.86. The second-order valence-electron chi connectivity index (χ2n) is 10.6. The molecule has 3 aromatic heterocycles. The van der Waals surface area contributed by atoms with Gasteiger partial charge < -0.3 is 9.55 Å². The highest BCUT2D eigenvalue weighted by Gasteiger charge is 2.16. The molecule has 1 N–H and O–H groups in total. The Kier molecular flexibility index (Phi) is 5.61. The normalized spacial score (nSPS) is 11.5. The van der Waals surface area contributed by atoms with Crippen molar-refractivity contribution in [2.24, 2.45) is 7.05 Å². The Bertz CT molecular complexity index is 2180. The van der Waals surface area contributed by atoms with Crippen LogP contribution in [0, 0.1) is 0 Å². The number of para-hydroxylation sites is 1. The highest BCUT2D eigenvalue weighted by atomic mass is 15.4. The summed E-state index contributed by atoms with van der Waals surface area (Å²) in [5.41, 5.74) is 10.0. The lowest BCUT2D eigenvalue weighted by Crippen LogP contribution is -1.99. The average molecular weight is 542 g/mol. The Balaban J connectivity index is 1.15. The second-order valence-corrected chi connectivity index (χ2v) is 10.6. The van der Waals surface area contributed by atoms with Crippen molar-refractivity contribution >= 4 is 21.8 Å². The molecule has 42 heavy (non-hydrogen) atoms. The van der Waals surface area contributed by atoms with Gasteiger partial charge in [-0.25, -0.2) is 9.67 Å². The molecule has 200 valence electrons. The van der Waals surface area contributed by atoms with Gasteiger partial charge in [0.05, 0.1) is 5.69 Å². The molecule has 5 heteroatoms. The van der Waals surface area contributed by atoms with E-state index >= 15 is 0 Å². The van der Waals surface area contributed by atoms with Crippen LogP contribution in [0.15, 0.2) is 140 Å². The van der Waals surface area contributed by atoms with Gasteiger partial charge in [-0.3, -0.25) is 0 Å². The van der Waals surface area contributed by atoms with E-state index in [1.165, 1.54) is 33.0 Å². The molecule has 8 aromatic rings. The first kappa shape index (κ1) is 24.1. The number of benzene rings is 5. The summed E-state index contributed by atoms with van der Waals surface area (Å²) in [6.45, 7) is 0. The van der Waals surface area contributed by atoms with Crippen LogP contribution in [0.4, 0.5) is 0 Å². The first-order valence-corrected chi connectivity index (χ1v) is 14.1. The Hall–Kier alpha value is -5.68. The monoisotopic (exact) mass is 541 g/mol. The Labute approximate surface area is 243 Å². The molecule has 0 saturated heterocycles. The Morgan fingerprint density at radius 2 is 1.21 bits per heavy atom. The molecule has 0 bridgehead atoms. The third-order valence-electron chi connectivity index (χ3n) is 8.00. The molecule has 0 aliphatic rings. The van der Waals surface area contributed by atoms with Crippen molar-refractivity contribution in [2.45, 2.75) is 0 Å². The Morgan fingerprint density at radius 1 is 0.571 bits per heavy atom. The highest BCUT2D eigenvalue weighted by Crippen LogP contribution is 2.31. The first-order valence-electron chi connectivity index (χ1n) is 14.1. The summed E-state index contributed by atoms with van der Waals surface area (Å²) in [5, 5.41) is 7.42. The summed E-state index contributed by atoms with van der Waals surface area (Å²) in [7, 11) is 2.08. The molecule has 0 amide bonds. The van der Waals surface area contributed by atoms with E-state index in [0.717, 1.165) is 33.7 Å². The molecule has 0 fully saturated rings. The summed E-state index contributed by atoms with van der Waals surface area (Å²) in [6, 6.07) is 44.6. The van der Waals surface area contributed by atoms with E-state index in [4.69, 9.17) is 10.1 Å². The summed E-state index contributed by atoms with van der Waals surface area (Å²) < 4.78 is 4.08. The number of aryl methyl sites for hydroxylation is 1. The number of fused-ring (bicyclic) bond motifs is 2. The summed E-state index contributed by atoms with van der Waals surface area (Å²) >= 11 is 0. The SMILES string of the molecule is Cn1ccc2cc(-c3ccc(-c4nc(-c5ccc(-c6ccc7[nH]ccc7c6)cc5)nn4-c4ccccc4)cc3)ccc21. The van der Waals surface area contributed by atoms with E-state index in [1.54, 1.807) is 0 Å². The van der Waals surface area contributed by atoms with Crippen molar-refractivity contribution < 1.29 is 0 Å². The van der Waals surface area contributed by atoms with Gasteiger partial charge in [0.1, 0.15) is 0 Å². The van der Waals surface area contributed by atoms with Crippen molar-refractivity contribution in [3.63, 3.8) is 0 Å². The van der Waals surface area contributed by atoms with Gasteiger partial charge in [-0.05, 0) is 76.2 Å². The molecule has 0 spiro atoms. The minimum absolute atomic E-state index is 0.695. The van der Waals surface area contributed by atoms with E-state index in [0.29, 0.717) is 5.82 Å². The van der Waals surface area contributed by atoms with Crippen molar-refractivity contribution in [1.29, 1.82) is 0 Å². The molecule has 5 nitrogen and oxygen atoms in total. The fourth-order valence-corrected chi connectivity index (χ4v) is 5.69. The molecule has 0 saturated carbocycles. The number of hydrogen-bond acceptors (Lipinski definition) is 2. The fourth-order valence-electron chi connectivity index (χ4n) is 5.69. The maximum Gasteiger partial charge on any atom is 0.182 e. The number of H-pyrrole nitrogens is 1. The third kappa shape index (κ3) is 4.19. The number of rotatable bonds is 5. The van der Waals surface area contributed by atoms with E-state index in [1.807, 2.05) is 29.1 Å². The Morgan fingerprint density at radius 3 is 1.98 bits per heavy atom. The van der Waals surface area contributed by atoms with Gasteiger partial charge >= 0.3 is 0 Å². The zero-order chi connectivity index (χ0) is 28.0. The van der Waals surface area contributed by atoms with Gasteiger partial charge in [-0.1, -0.05) is 78.9 Å². The van der Waals surface area contributed by atoms with Crippen LogP contribution in [0.1, 0.15) is 0 Å². The van der Waals surface area contributed by atoms with Crippen LogP contribution in [-0.2, 0) is 7.05 Å². The molecule has 0 aliphatic carbocycles. The maximum absolute atomic E-state index is 5.05. The molecule has 0 atom stereocenters. The van der Waals surface area contributed by atoms with Gasteiger partial charge in [-0.15, -0.1) is 5.10 Å². The van der Waals surface area contributed by atoms with Crippen LogP contribution < -0.4 is 0 Å². The topological polar surface area (TPSA) is 51.4 Å². The van der Waals surface area contributed by atoms with E-state index < -0.39 is 0 Å². The van der Waals surface area contributed by atoms with Gasteiger partial charge in [0.25, 0.3) is 0 Å². The standard InChI is InChI=1S/C37H27N5/c1-41-22-20-32-24-30(16-18-35(32)41)26-9-13-28(14-10-26)37-39-36(40-42(37)33-5-3-2-4-6-33)27-11-7-25(8-12-27)29-15-17-34-31(23-29)19-21-38-34/h2-24,38H,1H3. The number of nitrogens with one attached hydrogen (secondary N) is 1. The molecule has 3 heterocycles. The smallest absolute Gasteiger partial charge is 0.182 e. The minimum atomic E-state index is 0.695. The van der Waals surface area contributed by atoms with Crippen LogP contribution >= 0.6 is 0 Å². The van der Waals surface area contributed by atoms with Gasteiger partial charge in [0, 0.05) is 47.0 Å². The number of aromatic amines is 1. The largest absolute Gasteiger partial charge is 0.361 e. The van der Waals surface area contributed by atoms with Crippen molar-refractivity contribution in [1.82, 2.24) is 24.3 Å². The maximum atomic E-state index is 5.05. The first-order chi connectivity index (χ1) is 20.7. The predicted molar refractivity (Wildman–Crippen MR) is 171 cm³/mol. The van der Waals surface area contributed by atoms with Crippen molar-refractivity contribution in [3.8, 4) is 50.7 Å². The minimum Gasteiger partial charge on any atom is -0.361 e. The van der Waals surface area contributed by atoms with Crippen LogP contribution in [-0.4, -0.2) is 24.3 Å². The number of hydrogen-bond donors (Lipinski definition) is 1. The second kappa shape index (κ2) is 9.75. The summed E-state index contributed by atoms with van der Waals surface area (Å²) in [4.78, 5) is 8.32. The summed E-state index contributed by atoms with van der Waals surface area (Å²) in [5.74, 6) is 1.50. The number of aromatic nitrogens is 5. The van der Waals surface area contributed by atoms with E-state index in [-0.39, 0.29) is 0 Å². The molecule has 0 radical (unpaired) electrons. The lowest BCUT2D eigenvalue weighted by atomic mass is 10.0. The van der Waals surface area contributed by atoms with E-state index in [9.17, 15) is 0 Å². The molecular formula is C37H27N5. The number of nitrogens with zero attached hydrogens (tertiary/aromatic N) is 4. The predicted octanol–water partition coefficient (Wildman–Crippen LogP) is 8.91. The zero-order valence-electron chi connectivity index (χ0n) is 23.1. The van der Waals surface area contributed by atoms with Gasteiger partial charge in [-0.2, -0.15) is 0 Å².